The zero-order chi connectivity index (χ0) is 22.1. The third kappa shape index (κ3) is 6.46. The summed E-state index contributed by atoms with van der Waals surface area (Å²) in [5, 5.41) is 9.35. The fourth-order valence-electron chi connectivity index (χ4n) is 3.20. The lowest BCUT2D eigenvalue weighted by Gasteiger charge is -2.22. The largest absolute Gasteiger partial charge is 0.468 e. The molecule has 3 amide bonds. The fraction of sp³-hybridized carbons (Fsp3) is 0.526. The molecule has 3 rings (SSSR count). The van der Waals surface area contributed by atoms with Crippen LogP contribution in [0.3, 0.4) is 0 Å². The van der Waals surface area contributed by atoms with Gasteiger partial charge in [-0.3, -0.25) is 14.6 Å². The normalized spacial score (nSPS) is 17.9. The van der Waals surface area contributed by atoms with Crippen molar-refractivity contribution in [3.63, 3.8) is 0 Å². The summed E-state index contributed by atoms with van der Waals surface area (Å²) in [4.78, 5) is 49.9. The van der Waals surface area contributed by atoms with Crippen LogP contribution in [0.1, 0.15) is 37.5 Å². The van der Waals surface area contributed by atoms with Crippen LogP contribution in [0.25, 0.3) is 11.5 Å². The van der Waals surface area contributed by atoms with E-state index in [2.05, 4.69) is 35.5 Å². The van der Waals surface area contributed by atoms with Crippen LogP contribution in [0.5, 0.6) is 0 Å². The number of aromatic nitrogens is 4. The van der Waals surface area contributed by atoms with E-state index in [-0.39, 0.29) is 31.3 Å². The highest BCUT2D eigenvalue weighted by Crippen LogP contribution is 2.25. The van der Waals surface area contributed by atoms with Crippen molar-refractivity contribution in [1.29, 1.82) is 0 Å². The lowest BCUT2D eigenvalue weighted by molar-refractivity contribution is -0.139. The summed E-state index contributed by atoms with van der Waals surface area (Å²) < 4.78 is 9.98. The number of esters is 1. The Hall–Kier alpha value is -3.57. The number of amides is 3. The van der Waals surface area contributed by atoms with Crippen molar-refractivity contribution in [1.82, 2.24) is 35.6 Å². The quantitative estimate of drug-likeness (QED) is 0.658. The van der Waals surface area contributed by atoms with Gasteiger partial charge in [-0.05, 0) is 19.3 Å². The first kappa shape index (κ1) is 22.1. The van der Waals surface area contributed by atoms with Gasteiger partial charge in [-0.2, -0.15) is 4.98 Å². The van der Waals surface area contributed by atoms with E-state index in [1.165, 1.54) is 12.0 Å². The molecule has 31 heavy (non-hydrogen) atoms. The van der Waals surface area contributed by atoms with E-state index in [1.54, 1.807) is 18.6 Å². The summed E-state index contributed by atoms with van der Waals surface area (Å²) in [5.74, 6) is 0.0222. The molecular weight excluding hydrogens is 406 g/mol. The summed E-state index contributed by atoms with van der Waals surface area (Å²) in [6.45, 7) is 0.900. The van der Waals surface area contributed by atoms with Gasteiger partial charge in [-0.1, -0.05) is 5.16 Å². The van der Waals surface area contributed by atoms with Gasteiger partial charge < -0.3 is 24.8 Å². The van der Waals surface area contributed by atoms with Gasteiger partial charge in [0.15, 0.2) is 0 Å². The van der Waals surface area contributed by atoms with Gasteiger partial charge in [-0.15, -0.1) is 0 Å². The molecule has 1 unspecified atom stereocenters. The third-order valence-electron chi connectivity index (χ3n) is 4.89. The Morgan fingerprint density at radius 3 is 2.97 bits per heavy atom. The van der Waals surface area contributed by atoms with Crippen LogP contribution >= 0.6 is 0 Å². The Morgan fingerprint density at radius 1 is 1.32 bits per heavy atom. The summed E-state index contributed by atoms with van der Waals surface area (Å²) in [5.41, 5.74) is 0.510. The Bertz CT molecular complexity index is 889. The molecule has 1 saturated heterocycles. The van der Waals surface area contributed by atoms with Gasteiger partial charge in [0.1, 0.15) is 12.2 Å². The first-order valence-electron chi connectivity index (χ1n) is 10.0. The third-order valence-corrected chi connectivity index (χ3v) is 4.89. The first-order chi connectivity index (χ1) is 15.1. The van der Waals surface area contributed by atoms with Crippen molar-refractivity contribution in [2.45, 2.75) is 31.6 Å². The number of methoxy groups -OCH3 is 1. The molecule has 3 heterocycles. The summed E-state index contributed by atoms with van der Waals surface area (Å²) in [7, 11) is 1.25. The maximum absolute atomic E-state index is 12.4. The number of carbonyl (C=O) groups excluding carboxylic acids is 3. The van der Waals surface area contributed by atoms with E-state index in [1.807, 2.05) is 0 Å². The van der Waals surface area contributed by atoms with Crippen LogP contribution in [0.15, 0.2) is 23.1 Å². The minimum Gasteiger partial charge on any atom is -0.468 e. The number of rotatable bonds is 4. The van der Waals surface area contributed by atoms with E-state index in [0.29, 0.717) is 49.8 Å². The van der Waals surface area contributed by atoms with Crippen molar-refractivity contribution in [2.75, 3.05) is 33.3 Å². The second-order valence-corrected chi connectivity index (χ2v) is 7.00. The highest BCUT2D eigenvalue weighted by atomic mass is 16.5. The fourth-order valence-corrected chi connectivity index (χ4v) is 3.20. The molecule has 0 bridgehead atoms. The smallest absolute Gasteiger partial charge is 0.325 e. The average Bonchev–Trinajstić information content (AvgIpc) is 3.27. The predicted octanol–water partition coefficient (Wildman–Crippen LogP) is 0.485. The highest BCUT2D eigenvalue weighted by molar-refractivity contribution is 5.81. The number of carbonyl (C=O) groups is 3. The maximum atomic E-state index is 12.4. The van der Waals surface area contributed by atoms with Crippen molar-refractivity contribution < 1.29 is 23.6 Å². The molecule has 2 N–H and O–H groups in total. The molecule has 12 heteroatoms. The Kier molecular flexibility index (Phi) is 7.85. The van der Waals surface area contributed by atoms with Crippen molar-refractivity contribution in [3.8, 4) is 11.5 Å². The van der Waals surface area contributed by atoms with Crippen molar-refractivity contribution >= 4 is 17.9 Å². The standard InChI is InChI=1S/C19H25N7O5/c1-30-16(28)12-23-19(29)26-9-2-3-13(4-6-22-15(27)5-10-26)18-24-17(25-31-18)14-11-20-7-8-21-14/h7-8,11,13H,2-6,9-10,12H2,1H3,(H,22,27)(H,23,29). The molecule has 1 aliphatic heterocycles. The van der Waals surface area contributed by atoms with Gasteiger partial charge in [0.05, 0.1) is 13.3 Å². The molecule has 0 radical (unpaired) electrons. The van der Waals surface area contributed by atoms with E-state index in [9.17, 15) is 14.4 Å². The van der Waals surface area contributed by atoms with Gasteiger partial charge in [0.2, 0.25) is 17.6 Å². The van der Waals surface area contributed by atoms with Crippen LogP contribution < -0.4 is 10.6 Å². The summed E-state index contributed by atoms with van der Waals surface area (Å²) in [6, 6.07) is -0.420. The zero-order valence-electron chi connectivity index (χ0n) is 17.2. The molecule has 0 spiro atoms. The first-order valence-corrected chi connectivity index (χ1v) is 10.0. The Morgan fingerprint density at radius 2 is 2.19 bits per heavy atom. The van der Waals surface area contributed by atoms with E-state index in [0.717, 1.165) is 0 Å². The molecule has 1 atom stereocenters. The molecule has 2 aromatic heterocycles. The van der Waals surface area contributed by atoms with Gasteiger partial charge in [-0.25, -0.2) is 9.78 Å². The molecule has 0 aromatic carbocycles. The SMILES string of the molecule is COC(=O)CNC(=O)N1CCCC(c2nc(-c3cnccn3)no2)CCNC(=O)CC1. The lowest BCUT2D eigenvalue weighted by atomic mass is 9.99. The number of urea groups is 1. The predicted molar refractivity (Wildman–Crippen MR) is 107 cm³/mol. The Balaban J connectivity index is 1.65. The molecule has 0 saturated carbocycles. The van der Waals surface area contributed by atoms with Crippen LogP contribution in [0, 0.1) is 0 Å². The number of hydrogen-bond donors (Lipinski definition) is 2. The van der Waals surface area contributed by atoms with Gasteiger partial charge in [0, 0.05) is 44.4 Å². The molecule has 166 valence electrons. The van der Waals surface area contributed by atoms with Crippen LogP contribution in [0.2, 0.25) is 0 Å². The van der Waals surface area contributed by atoms with Crippen LogP contribution in [-0.2, 0) is 14.3 Å². The van der Waals surface area contributed by atoms with Crippen molar-refractivity contribution in [2.24, 2.45) is 0 Å². The second kappa shape index (κ2) is 11.0. The van der Waals surface area contributed by atoms with E-state index >= 15 is 0 Å². The topological polar surface area (TPSA) is 152 Å². The average molecular weight is 431 g/mol. The number of ether oxygens (including phenoxy) is 1. The number of nitrogens with zero attached hydrogens (tertiary/aromatic N) is 5. The molecule has 1 aliphatic rings. The molecule has 1 fully saturated rings. The van der Waals surface area contributed by atoms with Gasteiger partial charge in [0.25, 0.3) is 0 Å². The zero-order valence-corrected chi connectivity index (χ0v) is 17.2. The number of nitrogens with one attached hydrogen (secondary N) is 2. The second-order valence-electron chi connectivity index (χ2n) is 7.00. The maximum Gasteiger partial charge on any atom is 0.325 e. The van der Waals surface area contributed by atoms with Crippen LogP contribution in [0.4, 0.5) is 4.79 Å². The number of hydrogen-bond acceptors (Lipinski definition) is 9. The van der Waals surface area contributed by atoms with Gasteiger partial charge >= 0.3 is 12.0 Å². The Labute approximate surface area is 178 Å². The minimum absolute atomic E-state index is 0.0868. The molecule has 2 aromatic rings. The monoisotopic (exact) mass is 431 g/mol. The van der Waals surface area contributed by atoms with Crippen molar-refractivity contribution in [3.05, 3.63) is 24.5 Å². The molecule has 12 nitrogen and oxygen atoms in total. The van der Waals surface area contributed by atoms with E-state index < -0.39 is 12.0 Å². The van der Waals surface area contributed by atoms with Crippen LogP contribution in [-0.4, -0.2) is 76.2 Å². The highest BCUT2D eigenvalue weighted by Gasteiger charge is 2.23. The lowest BCUT2D eigenvalue weighted by Crippen LogP contribution is -2.44. The summed E-state index contributed by atoms with van der Waals surface area (Å²) >= 11 is 0. The minimum atomic E-state index is -0.542. The molecule has 0 aliphatic carbocycles. The summed E-state index contributed by atoms with van der Waals surface area (Å²) in [6.07, 6.45) is 6.80. The van der Waals surface area contributed by atoms with E-state index in [4.69, 9.17) is 4.52 Å². The molecular formula is C19H25N7O5.